The summed E-state index contributed by atoms with van der Waals surface area (Å²) in [5, 5.41) is 11.5. The van der Waals surface area contributed by atoms with Crippen molar-refractivity contribution < 1.29 is 24.2 Å². The van der Waals surface area contributed by atoms with Gasteiger partial charge in [0.1, 0.15) is 11.5 Å². The van der Waals surface area contributed by atoms with Crippen LogP contribution in [0.1, 0.15) is 30.0 Å². The summed E-state index contributed by atoms with van der Waals surface area (Å²) in [5.41, 5.74) is 0.350. The lowest BCUT2D eigenvalue weighted by Crippen LogP contribution is -2.52. The number of amides is 2. The lowest BCUT2D eigenvalue weighted by molar-refractivity contribution is -0.143. The van der Waals surface area contributed by atoms with Crippen LogP contribution in [0.15, 0.2) is 48.0 Å². The van der Waals surface area contributed by atoms with Gasteiger partial charge in [-0.15, -0.1) is 0 Å². The number of ether oxygens (including phenoxy) is 1. The summed E-state index contributed by atoms with van der Waals surface area (Å²) in [6, 6.07) is 12.2. The number of aliphatic hydroxyl groups is 1. The Bertz CT molecular complexity index is 1240. The number of hydrogen-bond acceptors (Lipinski definition) is 6. The van der Waals surface area contributed by atoms with Crippen LogP contribution in [0, 0.1) is 6.92 Å². The van der Waals surface area contributed by atoms with Crippen LogP contribution in [-0.4, -0.2) is 73.3 Å². The number of aryl methyl sites for hydroxylation is 1. The molecule has 1 fully saturated rings. The Morgan fingerprint density at radius 1 is 1.11 bits per heavy atom. The quantitative estimate of drug-likeness (QED) is 0.375. The molecule has 8 heteroatoms. The number of anilines is 1. The Morgan fingerprint density at radius 2 is 1.83 bits per heavy atom. The molecule has 1 N–H and O–H groups in total. The number of methoxy groups -OCH3 is 1. The molecule has 1 spiro atoms. The highest BCUT2D eigenvalue weighted by Gasteiger charge is 2.66. The van der Waals surface area contributed by atoms with E-state index >= 15 is 0 Å². The molecule has 184 valence electrons. The van der Waals surface area contributed by atoms with Crippen molar-refractivity contribution in [2.75, 3.05) is 45.7 Å². The van der Waals surface area contributed by atoms with Crippen molar-refractivity contribution in [1.82, 2.24) is 9.80 Å². The van der Waals surface area contributed by atoms with Crippen LogP contribution in [0.5, 0.6) is 5.75 Å². The zero-order valence-corrected chi connectivity index (χ0v) is 20.8. The van der Waals surface area contributed by atoms with E-state index in [1.165, 1.54) is 4.90 Å². The molecule has 0 saturated carbocycles. The third-order valence-corrected chi connectivity index (χ3v) is 6.78. The number of aliphatic hydroxyl groups excluding tert-OH is 1. The molecule has 0 radical (unpaired) electrons. The first-order chi connectivity index (χ1) is 16.7. The Morgan fingerprint density at radius 3 is 2.46 bits per heavy atom. The molecule has 2 amide bonds. The molecular formula is C27H31N3O5. The molecule has 0 aliphatic carbocycles. The average Bonchev–Trinajstić information content (AvgIpc) is 3.21. The molecule has 1 saturated heterocycles. The van der Waals surface area contributed by atoms with Gasteiger partial charge in [-0.3, -0.25) is 14.4 Å². The van der Waals surface area contributed by atoms with Crippen molar-refractivity contribution in [3.05, 3.63) is 64.7 Å². The van der Waals surface area contributed by atoms with Gasteiger partial charge < -0.3 is 24.5 Å². The highest BCUT2D eigenvalue weighted by atomic mass is 16.5. The molecule has 4 rings (SSSR count). The zero-order valence-electron chi connectivity index (χ0n) is 20.8. The molecule has 0 unspecified atom stereocenters. The Kier molecular flexibility index (Phi) is 6.42. The van der Waals surface area contributed by atoms with E-state index in [2.05, 4.69) is 0 Å². The summed E-state index contributed by atoms with van der Waals surface area (Å²) in [5.74, 6) is -1.79. The minimum absolute atomic E-state index is 0.190. The maximum absolute atomic E-state index is 14.1. The Labute approximate surface area is 205 Å². The summed E-state index contributed by atoms with van der Waals surface area (Å²) in [4.78, 5) is 46.0. The van der Waals surface area contributed by atoms with E-state index in [9.17, 15) is 19.5 Å². The van der Waals surface area contributed by atoms with Crippen LogP contribution in [0.25, 0.3) is 5.76 Å². The van der Waals surface area contributed by atoms with E-state index in [4.69, 9.17) is 4.74 Å². The number of likely N-dealkylation sites (tertiary alicyclic amines) is 1. The number of Topliss-reactive ketones (excluding diaryl/α,β-unsaturated/α-hetero) is 1. The summed E-state index contributed by atoms with van der Waals surface area (Å²) in [7, 11) is 5.39. The van der Waals surface area contributed by atoms with Crippen LogP contribution < -0.4 is 9.64 Å². The fraction of sp³-hybridized carbons (Fsp3) is 0.370. The predicted molar refractivity (Wildman–Crippen MR) is 133 cm³/mol. The fourth-order valence-electron chi connectivity index (χ4n) is 5.20. The maximum atomic E-state index is 14.1. The summed E-state index contributed by atoms with van der Waals surface area (Å²) in [6.07, 6.45) is 0.561. The topological polar surface area (TPSA) is 90.4 Å². The number of carbonyl (C=O) groups excluding carboxylic acids is 3. The van der Waals surface area contributed by atoms with Crippen molar-refractivity contribution in [3.8, 4) is 5.75 Å². The van der Waals surface area contributed by atoms with Gasteiger partial charge in [0.15, 0.2) is 5.54 Å². The monoisotopic (exact) mass is 477 g/mol. The number of carbonyl (C=O) groups is 3. The molecule has 35 heavy (non-hydrogen) atoms. The van der Waals surface area contributed by atoms with Crippen molar-refractivity contribution in [2.24, 2.45) is 0 Å². The molecule has 2 aromatic carbocycles. The number of para-hydroxylation sites is 1. The SMILES string of the molecule is CCN1C(=O)[C@@]2(C(=C(O)c3ccc(OC)c(C)c3)C(=O)C(=O)N2CCCN(C)C)c2ccccc21. The van der Waals surface area contributed by atoms with Crippen molar-refractivity contribution in [1.29, 1.82) is 0 Å². The molecule has 2 aromatic rings. The van der Waals surface area contributed by atoms with Gasteiger partial charge in [-0.25, -0.2) is 0 Å². The Hall–Kier alpha value is -3.65. The number of rotatable bonds is 7. The molecule has 0 aromatic heterocycles. The van der Waals surface area contributed by atoms with Crippen LogP contribution in [0.3, 0.4) is 0 Å². The van der Waals surface area contributed by atoms with Crippen LogP contribution in [0.2, 0.25) is 0 Å². The predicted octanol–water partition coefficient (Wildman–Crippen LogP) is 2.90. The molecule has 2 aliphatic rings. The van der Waals surface area contributed by atoms with Crippen molar-refractivity contribution >= 4 is 29.0 Å². The lowest BCUT2D eigenvalue weighted by atomic mass is 9.81. The minimum Gasteiger partial charge on any atom is -0.507 e. The Balaban J connectivity index is 2.00. The summed E-state index contributed by atoms with van der Waals surface area (Å²) < 4.78 is 5.32. The van der Waals surface area contributed by atoms with E-state index in [1.54, 1.807) is 42.3 Å². The first kappa shape index (κ1) is 24.5. The summed E-state index contributed by atoms with van der Waals surface area (Å²) in [6.45, 7) is 4.89. The molecule has 2 aliphatic heterocycles. The number of benzene rings is 2. The number of hydrogen-bond donors (Lipinski definition) is 1. The number of nitrogens with zero attached hydrogens (tertiary/aromatic N) is 3. The van der Waals surface area contributed by atoms with Gasteiger partial charge in [0.25, 0.3) is 17.6 Å². The summed E-state index contributed by atoms with van der Waals surface area (Å²) >= 11 is 0. The van der Waals surface area contributed by atoms with Gasteiger partial charge >= 0.3 is 0 Å². The third-order valence-electron chi connectivity index (χ3n) is 6.78. The smallest absolute Gasteiger partial charge is 0.296 e. The first-order valence-electron chi connectivity index (χ1n) is 11.7. The number of ketones is 1. The van der Waals surface area contributed by atoms with E-state index in [0.717, 1.165) is 5.56 Å². The normalized spacial score (nSPS) is 20.9. The molecule has 2 heterocycles. The maximum Gasteiger partial charge on any atom is 0.296 e. The zero-order chi connectivity index (χ0) is 25.5. The van der Waals surface area contributed by atoms with Gasteiger partial charge in [-0.05, 0) is 70.7 Å². The van der Waals surface area contributed by atoms with Crippen LogP contribution in [-0.2, 0) is 19.9 Å². The fourth-order valence-corrected chi connectivity index (χ4v) is 5.20. The second-order valence-electron chi connectivity index (χ2n) is 9.13. The second kappa shape index (κ2) is 9.19. The molecule has 0 bridgehead atoms. The standard InChI is InChI=1S/C27H31N3O5/c1-6-29-20-11-8-7-10-19(20)27(26(29)34)22(23(31)18-12-13-21(35-5)17(2)16-18)24(32)25(33)30(27)15-9-14-28(3)4/h7-8,10-13,16,31H,6,9,14-15H2,1-5H3/t27-/m0/s1. The lowest BCUT2D eigenvalue weighted by Gasteiger charge is -2.34. The van der Waals surface area contributed by atoms with E-state index in [-0.39, 0.29) is 17.9 Å². The number of likely N-dealkylation sites (N-methyl/N-ethyl adjacent to an activating group) is 1. The van der Waals surface area contributed by atoms with Crippen molar-refractivity contribution in [2.45, 2.75) is 25.8 Å². The van der Waals surface area contributed by atoms with Gasteiger partial charge in [0.2, 0.25) is 0 Å². The van der Waals surface area contributed by atoms with Crippen LogP contribution >= 0.6 is 0 Å². The highest BCUT2D eigenvalue weighted by molar-refractivity contribution is 6.50. The van der Waals surface area contributed by atoms with E-state index in [1.807, 2.05) is 45.0 Å². The van der Waals surface area contributed by atoms with E-state index < -0.39 is 23.1 Å². The second-order valence-corrected chi connectivity index (χ2v) is 9.13. The molecular weight excluding hydrogens is 446 g/mol. The van der Waals surface area contributed by atoms with E-state index in [0.29, 0.717) is 42.1 Å². The van der Waals surface area contributed by atoms with Crippen LogP contribution in [0.4, 0.5) is 5.69 Å². The van der Waals surface area contributed by atoms with Gasteiger partial charge in [0.05, 0.1) is 18.4 Å². The van der Waals surface area contributed by atoms with Crippen molar-refractivity contribution in [3.63, 3.8) is 0 Å². The molecule has 1 atom stereocenters. The largest absolute Gasteiger partial charge is 0.507 e. The first-order valence-corrected chi connectivity index (χ1v) is 11.7. The van der Waals surface area contributed by atoms with Gasteiger partial charge in [-0.2, -0.15) is 0 Å². The van der Waals surface area contributed by atoms with Gasteiger partial charge in [-0.1, -0.05) is 18.2 Å². The average molecular weight is 478 g/mol. The third kappa shape index (κ3) is 3.60. The van der Waals surface area contributed by atoms with Gasteiger partial charge in [0, 0.05) is 24.2 Å². The highest BCUT2D eigenvalue weighted by Crippen LogP contribution is 2.53. The number of fused-ring (bicyclic) bond motifs is 2. The molecule has 8 nitrogen and oxygen atoms in total. The minimum atomic E-state index is -1.72.